The third-order valence-corrected chi connectivity index (χ3v) is 6.80. The molecule has 0 saturated heterocycles. The average molecular weight is 334 g/mol. The van der Waals surface area contributed by atoms with E-state index in [0.29, 0.717) is 5.92 Å². The van der Waals surface area contributed by atoms with Crippen molar-refractivity contribution in [2.45, 2.75) is 63.3 Å². The van der Waals surface area contributed by atoms with Gasteiger partial charge in [-0.15, -0.1) is 0 Å². The average Bonchev–Trinajstić information content (AvgIpc) is 2.98. The van der Waals surface area contributed by atoms with Crippen LogP contribution in [0.4, 0.5) is 0 Å². The SMILES string of the molecule is CCSCC[C@@H]1CCc2cc(C3CC[C@](N)(CO)C3)ccc2C1. The zero-order valence-corrected chi connectivity index (χ0v) is 15.2. The first-order chi connectivity index (χ1) is 11.1. The molecule has 3 rings (SSSR count). The highest BCUT2D eigenvalue weighted by atomic mass is 32.2. The molecular formula is C20H31NOS. The van der Waals surface area contributed by atoms with Crippen molar-refractivity contribution in [2.75, 3.05) is 18.1 Å². The van der Waals surface area contributed by atoms with Crippen molar-refractivity contribution in [2.24, 2.45) is 11.7 Å². The van der Waals surface area contributed by atoms with E-state index in [1.54, 1.807) is 11.1 Å². The second-order valence-corrected chi connectivity index (χ2v) is 8.98. The van der Waals surface area contributed by atoms with Crippen LogP contribution in [-0.2, 0) is 12.8 Å². The minimum atomic E-state index is -0.345. The lowest BCUT2D eigenvalue weighted by Gasteiger charge is -2.26. The lowest BCUT2D eigenvalue weighted by molar-refractivity contribution is 0.198. The smallest absolute Gasteiger partial charge is 0.0611 e. The molecule has 1 saturated carbocycles. The fraction of sp³-hybridized carbons (Fsp3) is 0.700. The normalized spacial score (nSPS) is 30.4. The molecule has 2 aliphatic rings. The van der Waals surface area contributed by atoms with Crippen LogP contribution >= 0.6 is 11.8 Å². The predicted molar refractivity (Wildman–Crippen MR) is 100 cm³/mol. The van der Waals surface area contributed by atoms with Crippen molar-refractivity contribution in [3.63, 3.8) is 0 Å². The molecule has 128 valence electrons. The van der Waals surface area contributed by atoms with Crippen LogP contribution in [0.25, 0.3) is 0 Å². The van der Waals surface area contributed by atoms with Crippen LogP contribution < -0.4 is 5.73 Å². The van der Waals surface area contributed by atoms with Gasteiger partial charge in [-0.3, -0.25) is 0 Å². The third kappa shape index (κ3) is 4.12. The summed E-state index contributed by atoms with van der Waals surface area (Å²) >= 11 is 2.07. The van der Waals surface area contributed by atoms with Crippen LogP contribution in [0.5, 0.6) is 0 Å². The van der Waals surface area contributed by atoms with E-state index in [-0.39, 0.29) is 12.1 Å². The molecule has 0 aliphatic heterocycles. The van der Waals surface area contributed by atoms with Crippen LogP contribution in [0, 0.1) is 5.92 Å². The van der Waals surface area contributed by atoms with Gasteiger partial charge in [-0.2, -0.15) is 11.8 Å². The standard InChI is InChI=1S/C20H31NOS/c1-2-23-10-8-15-3-4-17-12-18(6-5-16(17)11-15)19-7-9-20(21,13-19)14-22/h5-6,12,15,19,22H,2-4,7-11,13-14,21H2,1H3/t15-,19?,20+/m0/s1. The van der Waals surface area contributed by atoms with E-state index in [1.807, 2.05) is 0 Å². The quantitative estimate of drug-likeness (QED) is 0.776. The fourth-order valence-corrected chi connectivity index (χ4v) is 5.12. The van der Waals surface area contributed by atoms with Gasteiger partial charge in [0.05, 0.1) is 6.61 Å². The molecular weight excluding hydrogens is 302 g/mol. The van der Waals surface area contributed by atoms with E-state index in [0.717, 1.165) is 25.2 Å². The molecule has 1 fully saturated rings. The Kier molecular flexibility index (Phi) is 5.71. The Labute approximate surface area is 145 Å². The molecule has 0 spiro atoms. The second kappa shape index (κ2) is 7.58. The molecule has 1 aromatic rings. The first-order valence-corrected chi connectivity index (χ1v) is 10.4. The predicted octanol–water partition coefficient (Wildman–Crippen LogP) is 3.89. The van der Waals surface area contributed by atoms with Crippen molar-refractivity contribution in [1.29, 1.82) is 0 Å². The maximum Gasteiger partial charge on any atom is 0.0611 e. The Morgan fingerprint density at radius 3 is 2.91 bits per heavy atom. The maximum atomic E-state index is 9.47. The lowest BCUT2D eigenvalue weighted by atomic mass is 9.80. The maximum absolute atomic E-state index is 9.47. The third-order valence-electron chi connectivity index (χ3n) is 5.87. The van der Waals surface area contributed by atoms with Crippen LogP contribution in [0.3, 0.4) is 0 Å². The first-order valence-electron chi connectivity index (χ1n) is 9.23. The molecule has 0 amide bonds. The van der Waals surface area contributed by atoms with Crippen molar-refractivity contribution in [1.82, 2.24) is 0 Å². The van der Waals surface area contributed by atoms with Gasteiger partial charge in [-0.25, -0.2) is 0 Å². The summed E-state index contributed by atoms with van der Waals surface area (Å²) in [6.45, 7) is 2.37. The highest BCUT2D eigenvalue weighted by Gasteiger charge is 2.36. The molecule has 0 bridgehead atoms. The van der Waals surface area contributed by atoms with Gasteiger partial charge < -0.3 is 10.8 Å². The molecule has 3 atom stereocenters. The van der Waals surface area contributed by atoms with Gasteiger partial charge in [0.1, 0.15) is 0 Å². The minimum absolute atomic E-state index is 0.117. The number of hydrogen-bond acceptors (Lipinski definition) is 3. The summed E-state index contributed by atoms with van der Waals surface area (Å²) in [6.07, 6.45) is 8.22. The van der Waals surface area contributed by atoms with Gasteiger partial charge in [0.15, 0.2) is 0 Å². The minimum Gasteiger partial charge on any atom is -0.394 e. The molecule has 3 N–H and O–H groups in total. The van der Waals surface area contributed by atoms with E-state index >= 15 is 0 Å². The molecule has 0 aromatic heterocycles. The monoisotopic (exact) mass is 333 g/mol. The van der Waals surface area contributed by atoms with Gasteiger partial charge in [0.2, 0.25) is 0 Å². The molecule has 2 nitrogen and oxygen atoms in total. The Hall–Kier alpha value is -0.510. The Morgan fingerprint density at radius 2 is 2.17 bits per heavy atom. The van der Waals surface area contributed by atoms with E-state index in [2.05, 4.69) is 36.9 Å². The van der Waals surface area contributed by atoms with Crippen LogP contribution in [0.15, 0.2) is 18.2 Å². The number of nitrogens with two attached hydrogens (primary N) is 1. The number of fused-ring (bicyclic) bond motifs is 1. The molecule has 3 heteroatoms. The summed E-state index contributed by atoms with van der Waals surface area (Å²) in [4.78, 5) is 0. The highest BCUT2D eigenvalue weighted by molar-refractivity contribution is 7.99. The zero-order valence-electron chi connectivity index (χ0n) is 14.4. The Bertz CT molecular complexity index is 532. The van der Waals surface area contributed by atoms with E-state index in [1.165, 1.54) is 42.8 Å². The summed E-state index contributed by atoms with van der Waals surface area (Å²) < 4.78 is 0. The fourth-order valence-electron chi connectivity index (χ4n) is 4.33. The number of hydrogen-bond donors (Lipinski definition) is 2. The van der Waals surface area contributed by atoms with E-state index in [4.69, 9.17) is 5.73 Å². The van der Waals surface area contributed by atoms with Crippen LogP contribution in [0.1, 0.15) is 61.6 Å². The number of aryl methyl sites for hydroxylation is 1. The first kappa shape index (κ1) is 17.3. The lowest BCUT2D eigenvalue weighted by Crippen LogP contribution is -2.40. The van der Waals surface area contributed by atoms with Crippen molar-refractivity contribution in [3.8, 4) is 0 Å². The topological polar surface area (TPSA) is 46.2 Å². The van der Waals surface area contributed by atoms with E-state index in [9.17, 15) is 5.11 Å². The Balaban J connectivity index is 1.63. The molecule has 1 aromatic carbocycles. The van der Waals surface area contributed by atoms with Gasteiger partial charge >= 0.3 is 0 Å². The summed E-state index contributed by atoms with van der Waals surface area (Å²) in [5.74, 6) is 3.97. The van der Waals surface area contributed by atoms with Gasteiger partial charge in [0.25, 0.3) is 0 Å². The van der Waals surface area contributed by atoms with Crippen LogP contribution in [0.2, 0.25) is 0 Å². The summed E-state index contributed by atoms with van der Waals surface area (Å²) in [7, 11) is 0. The molecule has 0 heterocycles. The van der Waals surface area contributed by atoms with E-state index < -0.39 is 0 Å². The number of aliphatic hydroxyl groups excluding tert-OH is 1. The number of thioether (sulfide) groups is 1. The molecule has 23 heavy (non-hydrogen) atoms. The van der Waals surface area contributed by atoms with Gasteiger partial charge in [-0.05, 0) is 85.0 Å². The highest BCUT2D eigenvalue weighted by Crippen LogP contribution is 2.40. The summed E-state index contributed by atoms with van der Waals surface area (Å²) in [6, 6.07) is 7.15. The molecule has 0 radical (unpaired) electrons. The second-order valence-electron chi connectivity index (χ2n) is 7.58. The van der Waals surface area contributed by atoms with Gasteiger partial charge in [-0.1, -0.05) is 25.1 Å². The van der Waals surface area contributed by atoms with Crippen LogP contribution in [-0.4, -0.2) is 28.8 Å². The van der Waals surface area contributed by atoms with Crippen molar-refractivity contribution < 1.29 is 5.11 Å². The molecule has 1 unspecified atom stereocenters. The molecule has 2 aliphatic carbocycles. The zero-order chi connectivity index (χ0) is 16.3. The number of benzene rings is 1. The summed E-state index contributed by atoms with van der Waals surface area (Å²) in [5, 5.41) is 9.47. The van der Waals surface area contributed by atoms with Crippen molar-refractivity contribution >= 4 is 11.8 Å². The van der Waals surface area contributed by atoms with Gasteiger partial charge in [0, 0.05) is 5.54 Å². The number of aliphatic hydroxyl groups is 1. The Morgan fingerprint density at radius 1 is 1.30 bits per heavy atom. The van der Waals surface area contributed by atoms with Crippen molar-refractivity contribution in [3.05, 3.63) is 34.9 Å². The summed E-state index contributed by atoms with van der Waals surface area (Å²) in [5.41, 5.74) is 10.5. The number of rotatable bonds is 6. The largest absolute Gasteiger partial charge is 0.394 e.